The van der Waals surface area contributed by atoms with Gasteiger partial charge in [0.2, 0.25) is 10.0 Å². The van der Waals surface area contributed by atoms with Crippen molar-refractivity contribution in [2.75, 3.05) is 45.6 Å². The molecule has 1 fully saturated rings. The van der Waals surface area contributed by atoms with Gasteiger partial charge in [-0.25, -0.2) is 8.42 Å². The summed E-state index contributed by atoms with van der Waals surface area (Å²) in [7, 11) is -1.58. The van der Waals surface area contributed by atoms with Crippen molar-refractivity contribution in [1.29, 1.82) is 0 Å². The molecule has 0 spiro atoms. The van der Waals surface area contributed by atoms with E-state index >= 15 is 0 Å². The first-order valence-corrected chi connectivity index (χ1v) is 9.97. The third-order valence-electron chi connectivity index (χ3n) is 3.85. The van der Waals surface area contributed by atoms with Gasteiger partial charge in [0.25, 0.3) is 0 Å². The quantitative estimate of drug-likeness (QED) is 0.334. The molecule has 11 heteroatoms. The van der Waals surface area contributed by atoms with E-state index in [1.54, 1.807) is 13.1 Å². The lowest BCUT2D eigenvalue weighted by atomic mass is 10.4. The third kappa shape index (κ3) is 7.00. The molecule has 0 amide bonds. The highest BCUT2D eigenvalue weighted by molar-refractivity contribution is 14.0. The Morgan fingerprint density at radius 3 is 2.62 bits per heavy atom. The van der Waals surface area contributed by atoms with Gasteiger partial charge < -0.3 is 19.5 Å². The molecule has 1 aromatic rings. The summed E-state index contributed by atoms with van der Waals surface area (Å²) in [5.41, 5.74) is 0.785. The van der Waals surface area contributed by atoms with Crippen LogP contribution in [-0.2, 0) is 21.3 Å². The van der Waals surface area contributed by atoms with Crippen molar-refractivity contribution in [3.05, 3.63) is 18.0 Å². The number of hydrogen-bond acceptors (Lipinski definition) is 6. The summed E-state index contributed by atoms with van der Waals surface area (Å²) < 4.78 is 36.4. The number of ether oxygens (including phenoxy) is 1. The molecular formula is C15H28IN5O4S. The topological polar surface area (TPSA) is 100 Å². The van der Waals surface area contributed by atoms with E-state index in [0.29, 0.717) is 32.7 Å². The van der Waals surface area contributed by atoms with E-state index in [2.05, 4.69) is 15.5 Å². The van der Waals surface area contributed by atoms with E-state index < -0.39 is 10.0 Å². The largest absolute Gasteiger partial charge is 0.378 e. The van der Waals surface area contributed by atoms with Gasteiger partial charge in [0.15, 0.2) is 5.96 Å². The first kappa shape index (κ1) is 23.1. The third-order valence-corrected chi connectivity index (χ3v) is 5.69. The van der Waals surface area contributed by atoms with Crippen LogP contribution in [0.3, 0.4) is 0 Å². The highest BCUT2D eigenvalue weighted by Crippen LogP contribution is 2.09. The lowest BCUT2D eigenvalue weighted by molar-refractivity contribution is 0.0904. The predicted octanol–water partition coefficient (Wildman–Crippen LogP) is 0.740. The lowest BCUT2D eigenvalue weighted by Gasteiger charge is -2.35. The van der Waals surface area contributed by atoms with Crippen LogP contribution >= 0.6 is 24.0 Å². The second-order valence-corrected chi connectivity index (χ2v) is 8.10. The van der Waals surface area contributed by atoms with E-state index in [1.165, 1.54) is 10.6 Å². The molecule has 26 heavy (non-hydrogen) atoms. The van der Waals surface area contributed by atoms with E-state index in [9.17, 15) is 8.42 Å². The molecule has 1 aliphatic heterocycles. The number of piperazine rings is 1. The number of aromatic nitrogens is 1. The Morgan fingerprint density at radius 1 is 1.38 bits per heavy atom. The van der Waals surface area contributed by atoms with Crippen molar-refractivity contribution in [2.45, 2.75) is 26.5 Å². The summed E-state index contributed by atoms with van der Waals surface area (Å²) in [5.74, 6) is 0.743. The van der Waals surface area contributed by atoms with Gasteiger partial charge in [0.1, 0.15) is 12.0 Å². The number of guanidine groups is 1. The van der Waals surface area contributed by atoms with E-state index in [4.69, 9.17) is 9.26 Å². The molecule has 0 atom stereocenters. The van der Waals surface area contributed by atoms with Crippen molar-refractivity contribution in [3.63, 3.8) is 0 Å². The number of rotatable bonds is 7. The Bertz CT molecular complexity index is 643. The average Bonchev–Trinajstić information content (AvgIpc) is 3.09. The zero-order valence-corrected chi connectivity index (χ0v) is 18.6. The van der Waals surface area contributed by atoms with Crippen LogP contribution in [0.25, 0.3) is 0 Å². The molecule has 2 rings (SSSR count). The molecule has 0 aliphatic carbocycles. The van der Waals surface area contributed by atoms with Gasteiger partial charge in [0.05, 0.1) is 25.0 Å². The fourth-order valence-corrected chi connectivity index (χ4v) is 3.81. The minimum atomic E-state index is -3.28. The smallest absolute Gasteiger partial charge is 0.216 e. The number of sulfonamides is 1. The van der Waals surface area contributed by atoms with Gasteiger partial charge in [-0.3, -0.25) is 4.99 Å². The summed E-state index contributed by atoms with van der Waals surface area (Å²) in [4.78, 5) is 6.29. The van der Waals surface area contributed by atoms with Crippen LogP contribution in [0.2, 0.25) is 0 Å². The molecule has 0 bridgehead atoms. The number of nitrogens with zero attached hydrogens (tertiary/aromatic N) is 4. The Morgan fingerprint density at radius 2 is 2.08 bits per heavy atom. The van der Waals surface area contributed by atoms with Crippen LogP contribution < -0.4 is 5.32 Å². The second-order valence-electron chi connectivity index (χ2n) is 6.01. The van der Waals surface area contributed by atoms with Crippen molar-refractivity contribution in [2.24, 2.45) is 4.99 Å². The second kappa shape index (κ2) is 11.0. The molecule has 150 valence electrons. The number of nitrogens with one attached hydrogen (secondary N) is 1. The van der Waals surface area contributed by atoms with Crippen LogP contribution in [0.4, 0.5) is 0 Å². The van der Waals surface area contributed by atoms with Gasteiger partial charge in [-0.1, -0.05) is 5.16 Å². The molecule has 1 N–H and O–H groups in total. The van der Waals surface area contributed by atoms with Gasteiger partial charge in [-0.2, -0.15) is 4.31 Å². The van der Waals surface area contributed by atoms with Crippen molar-refractivity contribution in [1.82, 2.24) is 19.7 Å². The molecule has 2 heterocycles. The zero-order valence-electron chi connectivity index (χ0n) is 15.4. The first-order valence-electron chi connectivity index (χ1n) is 8.36. The van der Waals surface area contributed by atoms with Crippen LogP contribution in [0.5, 0.6) is 0 Å². The fraction of sp³-hybridized carbons (Fsp3) is 0.733. The molecule has 0 radical (unpaired) electrons. The molecule has 0 saturated carbocycles. The monoisotopic (exact) mass is 501 g/mol. The summed E-state index contributed by atoms with van der Waals surface area (Å²) in [6, 6.07) is 1.78. The normalized spacial score (nSPS) is 16.6. The molecule has 9 nitrogen and oxygen atoms in total. The minimum absolute atomic E-state index is 0. The Kier molecular flexibility index (Phi) is 9.82. The van der Waals surface area contributed by atoms with Gasteiger partial charge in [0, 0.05) is 39.3 Å². The lowest BCUT2D eigenvalue weighted by Crippen LogP contribution is -2.54. The minimum Gasteiger partial charge on any atom is -0.378 e. The predicted molar refractivity (Wildman–Crippen MR) is 110 cm³/mol. The molecule has 1 aromatic heterocycles. The van der Waals surface area contributed by atoms with Crippen molar-refractivity contribution in [3.8, 4) is 0 Å². The number of hydrogen-bond donors (Lipinski definition) is 1. The maximum Gasteiger partial charge on any atom is 0.216 e. The van der Waals surface area contributed by atoms with Crippen molar-refractivity contribution >= 4 is 40.0 Å². The fourth-order valence-electron chi connectivity index (χ4n) is 2.53. The van der Waals surface area contributed by atoms with Gasteiger partial charge in [-0.05, 0) is 13.8 Å². The highest BCUT2D eigenvalue weighted by atomic mass is 127. The molecule has 1 aliphatic rings. The average molecular weight is 501 g/mol. The van der Waals surface area contributed by atoms with Crippen molar-refractivity contribution < 1.29 is 17.7 Å². The van der Waals surface area contributed by atoms with E-state index in [1.807, 2.05) is 18.7 Å². The first-order chi connectivity index (χ1) is 11.9. The van der Waals surface area contributed by atoms with Crippen LogP contribution in [0, 0.1) is 0 Å². The molecule has 0 unspecified atom stereocenters. The Hall–Kier alpha value is -0.920. The van der Waals surface area contributed by atoms with E-state index in [0.717, 1.165) is 11.7 Å². The maximum atomic E-state index is 12.4. The summed E-state index contributed by atoms with van der Waals surface area (Å²) in [6.07, 6.45) is 1.55. The number of halogens is 1. The molecule has 0 aromatic carbocycles. The summed E-state index contributed by atoms with van der Waals surface area (Å²) >= 11 is 0. The zero-order chi connectivity index (χ0) is 18.3. The highest BCUT2D eigenvalue weighted by Gasteiger charge is 2.28. The van der Waals surface area contributed by atoms with Crippen LogP contribution in [0.15, 0.2) is 21.8 Å². The SMILES string of the molecule is CN=C(NCc1ccon1)N1CCN(S(=O)(=O)CCOC(C)C)CC1.I. The molecule has 1 saturated heterocycles. The van der Waals surface area contributed by atoms with Gasteiger partial charge in [-0.15, -0.1) is 24.0 Å². The number of aliphatic imine (C=N–C) groups is 1. The van der Waals surface area contributed by atoms with Gasteiger partial charge >= 0.3 is 0 Å². The summed E-state index contributed by atoms with van der Waals surface area (Å²) in [5, 5.41) is 7.05. The maximum absolute atomic E-state index is 12.4. The van der Waals surface area contributed by atoms with E-state index in [-0.39, 0.29) is 42.4 Å². The Balaban J connectivity index is 0.00000338. The summed E-state index contributed by atoms with van der Waals surface area (Å²) in [6.45, 7) is 6.57. The molecular weight excluding hydrogens is 473 g/mol. The standard InChI is InChI=1S/C15H27N5O4S.HI/c1-13(2)23-10-11-25(21,22)20-7-5-19(6-8-20)15(16-3)17-12-14-4-9-24-18-14;/h4,9,13H,5-8,10-12H2,1-3H3,(H,16,17);1H. The van der Waals surface area contributed by atoms with Crippen LogP contribution in [-0.4, -0.2) is 80.4 Å². The van der Waals surface area contributed by atoms with Crippen LogP contribution in [0.1, 0.15) is 19.5 Å². The Labute approximate surface area is 172 Å².